The largest absolute Gasteiger partial charge is 0.319 e. The Bertz CT molecular complexity index is 1380. The minimum Gasteiger partial charge on any atom is -0.319 e. The van der Waals surface area contributed by atoms with E-state index in [1.165, 1.54) is 35.6 Å². The minimum absolute atomic E-state index is 0.0241. The lowest BCUT2D eigenvalue weighted by molar-refractivity contribution is 0.0998. The number of nitrogens with zero attached hydrogens (tertiary/aromatic N) is 2. The van der Waals surface area contributed by atoms with Crippen molar-refractivity contribution in [2.75, 3.05) is 5.75 Å². The number of hydrogen-bond donors (Lipinski definition) is 0. The normalized spacial score (nSPS) is 12.7. The van der Waals surface area contributed by atoms with Crippen LogP contribution in [-0.4, -0.2) is 24.6 Å². The van der Waals surface area contributed by atoms with Crippen LogP contribution in [-0.2, 0) is 16.9 Å². The van der Waals surface area contributed by atoms with Crippen LogP contribution in [0.4, 0.5) is 0 Å². The summed E-state index contributed by atoms with van der Waals surface area (Å²) >= 11 is 1.45. The average Bonchev–Trinajstić information content (AvgIpc) is 3.04. The van der Waals surface area contributed by atoms with Crippen LogP contribution < -0.4 is 4.80 Å². The highest BCUT2D eigenvalue weighted by Gasteiger charge is 2.13. The van der Waals surface area contributed by atoms with Crippen LogP contribution in [0.5, 0.6) is 0 Å². The minimum atomic E-state index is -3.29. The van der Waals surface area contributed by atoms with Crippen molar-refractivity contribution >= 4 is 48.1 Å². The first-order chi connectivity index (χ1) is 13.4. The Morgan fingerprint density at radius 2 is 1.75 bits per heavy atom. The van der Waals surface area contributed by atoms with Gasteiger partial charge in [0.15, 0.2) is 14.6 Å². The van der Waals surface area contributed by atoms with Crippen LogP contribution in [0.2, 0.25) is 0 Å². The van der Waals surface area contributed by atoms with E-state index in [0.717, 1.165) is 21.0 Å². The lowest BCUT2D eigenvalue weighted by Crippen LogP contribution is -2.13. The molecule has 0 radical (unpaired) electrons. The number of benzene rings is 3. The SMILES string of the molecule is CCS(=O)(=O)c1ccc(C(=O)N=c2sc3ccc4ccccc4c3n2C)cc1. The first kappa shape index (κ1) is 18.6. The van der Waals surface area contributed by atoms with Crippen molar-refractivity contribution in [2.24, 2.45) is 12.0 Å². The Morgan fingerprint density at radius 3 is 2.46 bits per heavy atom. The van der Waals surface area contributed by atoms with Gasteiger partial charge in [-0.1, -0.05) is 48.6 Å². The monoisotopic (exact) mass is 410 g/mol. The van der Waals surface area contributed by atoms with E-state index in [9.17, 15) is 13.2 Å². The highest BCUT2D eigenvalue weighted by Crippen LogP contribution is 2.26. The maximum Gasteiger partial charge on any atom is 0.279 e. The molecule has 5 nitrogen and oxygen atoms in total. The van der Waals surface area contributed by atoms with Gasteiger partial charge in [0.2, 0.25) is 0 Å². The van der Waals surface area contributed by atoms with Gasteiger partial charge >= 0.3 is 0 Å². The van der Waals surface area contributed by atoms with Crippen LogP contribution in [0.15, 0.2) is 70.6 Å². The number of thiazole rings is 1. The summed E-state index contributed by atoms with van der Waals surface area (Å²) in [5.74, 6) is -0.372. The molecule has 7 heteroatoms. The maximum absolute atomic E-state index is 12.6. The van der Waals surface area contributed by atoms with E-state index < -0.39 is 15.7 Å². The third-order valence-electron chi connectivity index (χ3n) is 4.72. The van der Waals surface area contributed by atoms with E-state index in [1.54, 1.807) is 6.92 Å². The summed E-state index contributed by atoms with van der Waals surface area (Å²) in [7, 11) is -1.39. The highest BCUT2D eigenvalue weighted by atomic mass is 32.2. The number of fused-ring (bicyclic) bond motifs is 3. The fraction of sp³-hybridized carbons (Fsp3) is 0.143. The molecule has 0 saturated heterocycles. The van der Waals surface area contributed by atoms with E-state index in [0.29, 0.717) is 10.4 Å². The van der Waals surface area contributed by atoms with Gasteiger partial charge in [-0.3, -0.25) is 4.79 Å². The Balaban J connectivity index is 1.78. The van der Waals surface area contributed by atoms with Gasteiger partial charge in [-0.15, -0.1) is 0 Å². The molecule has 0 unspecified atom stereocenters. The molecule has 4 rings (SSSR count). The van der Waals surface area contributed by atoms with Crippen LogP contribution in [0.25, 0.3) is 21.0 Å². The number of hydrogen-bond acceptors (Lipinski definition) is 4. The molecule has 1 aromatic heterocycles. The zero-order valence-corrected chi connectivity index (χ0v) is 17.0. The molecular weight excluding hydrogens is 392 g/mol. The summed E-state index contributed by atoms with van der Waals surface area (Å²) in [6.45, 7) is 1.59. The van der Waals surface area contributed by atoms with Crippen LogP contribution >= 0.6 is 11.3 Å². The van der Waals surface area contributed by atoms with Gasteiger partial charge in [0, 0.05) is 18.0 Å². The number of rotatable bonds is 3. The van der Waals surface area contributed by atoms with Crippen molar-refractivity contribution in [1.82, 2.24) is 4.57 Å². The highest BCUT2D eigenvalue weighted by molar-refractivity contribution is 7.91. The third kappa shape index (κ3) is 3.16. The Hall–Kier alpha value is -2.77. The van der Waals surface area contributed by atoms with Crippen molar-refractivity contribution in [2.45, 2.75) is 11.8 Å². The second kappa shape index (κ2) is 7.00. The Morgan fingerprint density at radius 1 is 1.04 bits per heavy atom. The van der Waals surface area contributed by atoms with Crippen molar-refractivity contribution in [3.05, 3.63) is 71.0 Å². The zero-order valence-electron chi connectivity index (χ0n) is 15.4. The molecule has 0 aliphatic rings. The fourth-order valence-electron chi connectivity index (χ4n) is 3.15. The number of carbonyl (C=O) groups excluding carboxylic acids is 1. The van der Waals surface area contributed by atoms with Crippen molar-refractivity contribution in [1.29, 1.82) is 0 Å². The second-order valence-corrected chi connectivity index (χ2v) is 9.71. The second-order valence-electron chi connectivity index (χ2n) is 6.42. The summed E-state index contributed by atoms with van der Waals surface area (Å²) in [4.78, 5) is 17.7. The smallest absolute Gasteiger partial charge is 0.279 e. The number of sulfone groups is 1. The molecule has 4 aromatic rings. The van der Waals surface area contributed by atoms with Gasteiger partial charge in [0.1, 0.15) is 0 Å². The summed E-state index contributed by atoms with van der Waals surface area (Å²) in [5.41, 5.74) is 1.40. The summed E-state index contributed by atoms with van der Waals surface area (Å²) in [6.07, 6.45) is 0. The van der Waals surface area contributed by atoms with Crippen LogP contribution in [0, 0.1) is 0 Å². The average molecular weight is 411 g/mol. The van der Waals surface area contributed by atoms with E-state index in [4.69, 9.17) is 0 Å². The molecule has 0 aliphatic heterocycles. The Kier molecular flexibility index (Phi) is 4.64. The van der Waals surface area contributed by atoms with Crippen LogP contribution in [0.1, 0.15) is 17.3 Å². The lowest BCUT2D eigenvalue weighted by Gasteiger charge is -2.02. The molecule has 28 heavy (non-hydrogen) atoms. The molecule has 0 atom stereocenters. The van der Waals surface area contributed by atoms with E-state index >= 15 is 0 Å². The standard InChI is InChI=1S/C21H18N2O3S2/c1-3-28(25,26)16-11-8-15(9-12-16)20(24)22-21-23(2)19-17-7-5-4-6-14(17)10-13-18(19)27-21/h4-13H,3H2,1-2H3. The summed E-state index contributed by atoms with van der Waals surface area (Å²) in [5, 5.41) is 2.25. The van der Waals surface area contributed by atoms with Crippen molar-refractivity contribution < 1.29 is 13.2 Å². The Labute approximate surface area is 166 Å². The van der Waals surface area contributed by atoms with E-state index in [-0.39, 0.29) is 10.6 Å². The predicted octanol–water partition coefficient (Wildman–Crippen LogP) is 3.93. The quantitative estimate of drug-likeness (QED) is 0.514. The third-order valence-corrected chi connectivity index (χ3v) is 7.57. The van der Waals surface area contributed by atoms with Crippen LogP contribution in [0.3, 0.4) is 0 Å². The lowest BCUT2D eigenvalue weighted by atomic mass is 10.1. The summed E-state index contributed by atoms with van der Waals surface area (Å²) in [6, 6.07) is 18.1. The molecule has 0 saturated carbocycles. The molecule has 0 spiro atoms. The first-order valence-corrected chi connectivity index (χ1v) is 11.3. The maximum atomic E-state index is 12.6. The van der Waals surface area contributed by atoms with E-state index in [1.807, 2.05) is 29.8 Å². The number of aromatic nitrogens is 1. The predicted molar refractivity (Wildman–Crippen MR) is 112 cm³/mol. The van der Waals surface area contributed by atoms with Gasteiger partial charge in [-0.25, -0.2) is 8.42 Å². The van der Waals surface area contributed by atoms with Gasteiger partial charge in [0.05, 0.1) is 20.9 Å². The summed E-state index contributed by atoms with van der Waals surface area (Å²) < 4.78 is 26.8. The molecule has 1 heterocycles. The molecule has 0 bridgehead atoms. The van der Waals surface area contributed by atoms with Crippen molar-refractivity contribution in [3.63, 3.8) is 0 Å². The fourth-order valence-corrected chi connectivity index (χ4v) is 5.06. The molecule has 142 valence electrons. The molecule has 0 N–H and O–H groups in total. The molecule has 0 fully saturated rings. The van der Waals surface area contributed by atoms with E-state index in [2.05, 4.69) is 23.2 Å². The van der Waals surface area contributed by atoms with Gasteiger partial charge in [-0.2, -0.15) is 4.99 Å². The molecular formula is C21H18N2O3S2. The van der Waals surface area contributed by atoms with Gasteiger partial charge in [-0.05, 0) is 35.7 Å². The topological polar surface area (TPSA) is 68.5 Å². The van der Waals surface area contributed by atoms with Crippen molar-refractivity contribution in [3.8, 4) is 0 Å². The number of aryl methyl sites for hydroxylation is 1. The molecule has 1 amide bonds. The first-order valence-electron chi connectivity index (χ1n) is 8.80. The number of amides is 1. The zero-order chi connectivity index (χ0) is 19.9. The molecule has 3 aromatic carbocycles. The van der Waals surface area contributed by atoms with Gasteiger partial charge in [0.25, 0.3) is 5.91 Å². The molecule has 0 aliphatic carbocycles. The number of carbonyl (C=O) groups is 1. The van der Waals surface area contributed by atoms with Gasteiger partial charge < -0.3 is 4.57 Å².